The monoisotopic (exact) mass is 309 g/mol. The fraction of sp³-hybridized carbons (Fsp3) is 0.385. The Kier molecular flexibility index (Phi) is 4.38. The molecule has 2 aromatic rings. The van der Waals surface area contributed by atoms with Crippen LogP contribution < -0.4 is 0 Å². The van der Waals surface area contributed by atoms with Gasteiger partial charge >= 0.3 is 0 Å². The van der Waals surface area contributed by atoms with E-state index in [4.69, 9.17) is 0 Å². The Labute approximate surface area is 125 Å². The lowest BCUT2D eigenvalue weighted by Crippen LogP contribution is -2.26. The lowest BCUT2D eigenvalue weighted by Gasteiger charge is -2.18. The molecule has 0 bridgehead atoms. The maximum atomic E-state index is 12.9. The number of aromatic nitrogens is 4. The molecule has 1 unspecified atom stereocenters. The van der Waals surface area contributed by atoms with Crippen LogP contribution in [-0.2, 0) is 11.4 Å². The van der Waals surface area contributed by atoms with Gasteiger partial charge in [0.05, 0.1) is 12.4 Å². The van der Waals surface area contributed by atoms with Crippen LogP contribution in [-0.4, -0.2) is 35.0 Å². The minimum atomic E-state index is -1.35. The zero-order chi connectivity index (χ0) is 15.6. The summed E-state index contributed by atoms with van der Waals surface area (Å²) in [6.45, 7) is 7.27. The van der Waals surface area contributed by atoms with Gasteiger partial charge in [-0.25, -0.2) is 9.07 Å². The summed E-state index contributed by atoms with van der Waals surface area (Å²) in [6.07, 6.45) is 2.30. The molecule has 2 aromatic heterocycles. The third-order valence-electron chi connectivity index (χ3n) is 2.55. The largest absolute Gasteiger partial charge is 0.591 e. The molecule has 2 rings (SSSR count). The van der Waals surface area contributed by atoms with E-state index in [1.54, 1.807) is 19.1 Å². The second kappa shape index (κ2) is 5.90. The first kappa shape index (κ1) is 15.6. The number of nitrogens with zero attached hydrogens (tertiary/aromatic N) is 5. The van der Waals surface area contributed by atoms with Crippen molar-refractivity contribution in [1.29, 1.82) is 0 Å². The zero-order valence-corrected chi connectivity index (χ0v) is 13.1. The van der Waals surface area contributed by atoms with Gasteiger partial charge in [-0.1, -0.05) is 4.40 Å². The first-order valence-electron chi connectivity index (χ1n) is 6.29. The lowest BCUT2D eigenvalue weighted by atomic mass is 10.3. The molecular weight excluding hydrogens is 293 g/mol. The van der Waals surface area contributed by atoms with Gasteiger partial charge < -0.3 is 4.55 Å². The van der Waals surface area contributed by atoms with Crippen LogP contribution in [0.1, 0.15) is 33.4 Å². The highest BCUT2D eigenvalue weighted by atomic mass is 32.2. The summed E-state index contributed by atoms with van der Waals surface area (Å²) in [4.78, 5) is 0. The van der Waals surface area contributed by atoms with Gasteiger partial charge in [-0.3, -0.25) is 0 Å². The molecule has 0 N–H and O–H groups in total. The molecule has 8 heteroatoms. The normalized spacial score (nSPS) is 14.3. The smallest absolute Gasteiger partial charge is 0.175 e. The number of rotatable bonds is 3. The maximum Gasteiger partial charge on any atom is 0.175 e. The van der Waals surface area contributed by atoms with Crippen LogP contribution in [0.25, 0.3) is 5.82 Å². The summed E-state index contributed by atoms with van der Waals surface area (Å²) in [5, 5.41) is 11.8. The average molecular weight is 309 g/mol. The van der Waals surface area contributed by atoms with Crippen molar-refractivity contribution < 1.29 is 8.94 Å². The summed E-state index contributed by atoms with van der Waals surface area (Å²) in [6, 6.07) is 3.33. The van der Waals surface area contributed by atoms with Crippen molar-refractivity contribution >= 4 is 17.1 Å². The van der Waals surface area contributed by atoms with Crippen LogP contribution in [0.4, 0.5) is 4.39 Å². The molecule has 0 aromatic carbocycles. The van der Waals surface area contributed by atoms with Crippen molar-refractivity contribution in [2.24, 2.45) is 4.40 Å². The van der Waals surface area contributed by atoms with Crippen molar-refractivity contribution in [1.82, 2.24) is 20.0 Å². The van der Waals surface area contributed by atoms with Crippen LogP contribution in [0.3, 0.4) is 0 Å². The molecule has 0 spiro atoms. The van der Waals surface area contributed by atoms with Crippen LogP contribution in [0, 0.1) is 5.82 Å². The molecular formula is C13H16FN5OS. The standard InChI is InChI=1S/C13H16FN5OS/c1-9(18-21(20)13(2,3)4)11-5-6-12(17-16-11)19-8-10(14)7-15-19/h5-8H,1-4H3/b18-9+. The van der Waals surface area contributed by atoms with Gasteiger partial charge in [-0.2, -0.15) is 5.10 Å². The Hall–Kier alpha value is -1.80. The van der Waals surface area contributed by atoms with E-state index in [0.29, 0.717) is 17.2 Å². The fourth-order valence-corrected chi connectivity index (χ4v) is 1.99. The Morgan fingerprint density at radius 2 is 2.05 bits per heavy atom. The second-order valence-electron chi connectivity index (χ2n) is 5.42. The molecule has 0 aliphatic rings. The third kappa shape index (κ3) is 3.85. The summed E-state index contributed by atoms with van der Waals surface area (Å²) < 4.78 is 29.8. The van der Waals surface area contributed by atoms with E-state index in [-0.39, 0.29) is 0 Å². The summed E-state index contributed by atoms with van der Waals surface area (Å²) in [5.74, 6) is -0.0495. The zero-order valence-electron chi connectivity index (χ0n) is 12.2. The van der Waals surface area contributed by atoms with Crippen molar-refractivity contribution in [2.75, 3.05) is 0 Å². The van der Waals surface area contributed by atoms with Crippen LogP contribution >= 0.6 is 0 Å². The molecule has 0 saturated carbocycles. The van der Waals surface area contributed by atoms with Gasteiger partial charge in [-0.05, 0) is 39.8 Å². The van der Waals surface area contributed by atoms with Gasteiger partial charge in [0.25, 0.3) is 0 Å². The van der Waals surface area contributed by atoms with Gasteiger partial charge in [-0.15, -0.1) is 10.2 Å². The van der Waals surface area contributed by atoms with E-state index < -0.39 is 21.9 Å². The molecule has 112 valence electrons. The van der Waals surface area contributed by atoms with E-state index in [9.17, 15) is 8.94 Å². The first-order valence-corrected chi connectivity index (χ1v) is 7.40. The highest BCUT2D eigenvalue weighted by Gasteiger charge is 2.27. The van der Waals surface area contributed by atoms with Crippen molar-refractivity contribution in [3.8, 4) is 5.82 Å². The van der Waals surface area contributed by atoms with Crippen molar-refractivity contribution in [3.05, 3.63) is 36.0 Å². The lowest BCUT2D eigenvalue weighted by molar-refractivity contribution is 0.561. The van der Waals surface area contributed by atoms with E-state index >= 15 is 0 Å². The van der Waals surface area contributed by atoms with Gasteiger partial charge in [0.1, 0.15) is 27.5 Å². The minimum Gasteiger partial charge on any atom is -0.591 e. The fourth-order valence-electron chi connectivity index (χ4n) is 1.37. The van der Waals surface area contributed by atoms with Crippen LogP contribution in [0.2, 0.25) is 0 Å². The van der Waals surface area contributed by atoms with Crippen molar-refractivity contribution in [2.45, 2.75) is 32.4 Å². The minimum absolute atomic E-state index is 0.396. The van der Waals surface area contributed by atoms with Crippen molar-refractivity contribution in [3.63, 3.8) is 0 Å². The second-order valence-corrected chi connectivity index (χ2v) is 7.32. The molecule has 0 amide bonds. The first-order chi connectivity index (χ1) is 9.77. The predicted octanol–water partition coefficient (Wildman–Crippen LogP) is 2.07. The van der Waals surface area contributed by atoms with Crippen LogP contribution in [0.15, 0.2) is 28.9 Å². The molecule has 0 fully saturated rings. The summed E-state index contributed by atoms with van der Waals surface area (Å²) in [7, 11) is 0. The van der Waals surface area contributed by atoms with Gasteiger partial charge in [0, 0.05) is 0 Å². The molecule has 1 atom stereocenters. The number of hydrogen-bond acceptors (Lipinski definition) is 5. The molecule has 21 heavy (non-hydrogen) atoms. The Balaban J connectivity index is 2.21. The van der Waals surface area contributed by atoms with E-state index in [1.165, 1.54) is 10.9 Å². The van der Waals surface area contributed by atoms with E-state index in [1.807, 2.05) is 20.8 Å². The van der Waals surface area contributed by atoms with E-state index in [0.717, 1.165) is 6.20 Å². The van der Waals surface area contributed by atoms with Gasteiger partial charge in [0.2, 0.25) is 0 Å². The molecule has 6 nitrogen and oxygen atoms in total. The SMILES string of the molecule is C/C(=N\[S+]([O-])C(C)(C)C)c1ccc(-n2cc(F)cn2)nn1. The molecule has 0 aliphatic heterocycles. The summed E-state index contributed by atoms with van der Waals surface area (Å²) in [5.41, 5.74) is 1.05. The molecule has 2 heterocycles. The summed E-state index contributed by atoms with van der Waals surface area (Å²) >= 11 is -1.35. The topological polar surface area (TPSA) is 79.0 Å². The highest BCUT2D eigenvalue weighted by molar-refractivity contribution is 7.91. The average Bonchev–Trinajstić information content (AvgIpc) is 2.84. The molecule has 0 aliphatic carbocycles. The highest BCUT2D eigenvalue weighted by Crippen LogP contribution is 2.18. The Morgan fingerprint density at radius 1 is 1.33 bits per heavy atom. The molecule has 0 radical (unpaired) electrons. The third-order valence-corrected chi connectivity index (χ3v) is 4.04. The predicted molar refractivity (Wildman–Crippen MR) is 79.2 cm³/mol. The van der Waals surface area contributed by atoms with Crippen LogP contribution in [0.5, 0.6) is 0 Å². The Bertz CT molecular complexity index is 647. The quantitative estimate of drug-likeness (QED) is 0.642. The maximum absolute atomic E-state index is 12.9. The number of hydrogen-bond donors (Lipinski definition) is 0. The van der Waals surface area contributed by atoms with E-state index in [2.05, 4.69) is 19.7 Å². The molecule has 0 saturated heterocycles. The number of halogens is 1. The van der Waals surface area contributed by atoms with Gasteiger partial charge in [0.15, 0.2) is 11.6 Å². The Morgan fingerprint density at radius 3 is 2.52 bits per heavy atom.